The highest BCUT2D eigenvalue weighted by molar-refractivity contribution is 5.32. The highest BCUT2D eigenvalue weighted by Crippen LogP contribution is 2.32. The Kier molecular flexibility index (Phi) is 3.18. The number of aliphatic hydroxyl groups excluding tert-OH is 2. The Morgan fingerprint density at radius 2 is 1.93 bits per heavy atom. The van der Waals surface area contributed by atoms with Crippen LogP contribution >= 0.6 is 0 Å². The van der Waals surface area contributed by atoms with E-state index in [0.29, 0.717) is 0 Å². The minimum absolute atomic E-state index is 0.145. The van der Waals surface area contributed by atoms with E-state index in [2.05, 4.69) is 0 Å². The number of rotatable bonds is 3. The molecule has 0 aliphatic heterocycles. The number of hydrogen-bond donors (Lipinski definition) is 2. The summed E-state index contributed by atoms with van der Waals surface area (Å²) in [5.41, 5.74) is -0.177. The Bertz CT molecular complexity index is 311. The second-order valence-corrected chi connectivity index (χ2v) is 3.13. The predicted octanol–water partition coefficient (Wildman–Crippen LogP) is 1.82. The first kappa shape index (κ1) is 11.1. The topological polar surface area (TPSA) is 40.5 Å². The van der Waals surface area contributed by atoms with E-state index in [1.807, 2.05) is 0 Å². The monoisotopic (exact) mass is 202 g/mol. The van der Waals surface area contributed by atoms with E-state index in [9.17, 15) is 13.9 Å². The van der Waals surface area contributed by atoms with Gasteiger partial charge in [-0.3, -0.25) is 0 Å². The van der Waals surface area contributed by atoms with Crippen molar-refractivity contribution in [2.24, 2.45) is 0 Å². The van der Waals surface area contributed by atoms with E-state index < -0.39 is 18.6 Å². The molecule has 1 atom stereocenters. The highest BCUT2D eigenvalue weighted by Gasteiger charge is 2.33. The van der Waals surface area contributed by atoms with Crippen molar-refractivity contribution < 1.29 is 19.0 Å². The van der Waals surface area contributed by atoms with Crippen molar-refractivity contribution >= 4 is 0 Å². The summed E-state index contributed by atoms with van der Waals surface area (Å²) < 4.78 is 26.3. The van der Waals surface area contributed by atoms with Crippen LogP contribution in [0.1, 0.15) is 24.2 Å². The molecular weight excluding hydrogens is 190 g/mol. The highest BCUT2D eigenvalue weighted by atomic mass is 19.3. The first-order valence-corrected chi connectivity index (χ1v) is 4.25. The molecule has 0 aliphatic carbocycles. The number of alkyl halides is 2. The lowest BCUT2D eigenvalue weighted by molar-refractivity contribution is -0.0575. The average molecular weight is 202 g/mol. The minimum atomic E-state index is -3.30. The molecule has 0 spiro atoms. The summed E-state index contributed by atoms with van der Waals surface area (Å²) in [4.78, 5) is 0. The lowest BCUT2D eigenvalue weighted by atomic mass is 9.98. The molecule has 0 aromatic heterocycles. The molecule has 4 heteroatoms. The van der Waals surface area contributed by atoms with Crippen LogP contribution < -0.4 is 0 Å². The summed E-state index contributed by atoms with van der Waals surface area (Å²) in [5.74, 6) is -3.30. The summed E-state index contributed by atoms with van der Waals surface area (Å²) >= 11 is 0. The van der Waals surface area contributed by atoms with E-state index >= 15 is 0 Å². The molecule has 0 amide bonds. The largest absolute Gasteiger partial charge is 0.390 e. The van der Waals surface area contributed by atoms with Crippen LogP contribution in [0.4, 0.5) is 8.78 Å². The minimum Gasteiger partial charge on any atom is -0.390 e. The summed E-state index contributed by atoms with van der Waals surface area (Å²) in [5, 5.41) is 17.8. The fourth-order valence-corrected chi connectivity index (χ4v) is 1.28. The molecule has 1 aromatic carbocycles. The van der Waals surface area contributed by atoms with Crippen LogP contribution in [-0.4, -0.2) is 16.8 Å². The molecule has 0 saturated carbocycles. The number of benzene rings is 1. The molecule has 1 unspecified atom stereocenters. The smallest absolute Gasteiger partial charge is 0.296 e. The molecule has 0 bridgehead atoms. The van der Waals surface area contributed by atoms with Crippen LogP contribution in [0.3, 0.4) is 0 Å². The van der Waals surface area contributed by atoms with E-state index in [1.54, 1.807) is 6.07 Å². The van der Waals surface area contributed by atoms with Crippen molar-refractivity contribution in [2.45, 2.75) is 19.0 Å². The van der Waals surface area contributed by atoms with Gasteiger partial charge in [0.15, 0.2) is 0 Å². The van der Waals surface area contributed by atoms with Crippen LogP contribution in [0.2, 0.25) is 0 Å². The molecule has 0 radical (unpaired) electrons. The normalized spacial score (nSPS) is 14.1. The van der Waals surface area contributed by atoms with Crippen molar-refractivity contribution in [1.29, 1.82) is 0 Å². The maximum Gasteiger partial charge on any atom is 0.296 e. The molecule has 0 fully saturated rings. The van der Waals surface area contributed by atoms with Gasteiger partial charge >= 0.3 is 0 Å². The summed E-state index contributed by atoms with van der Waals surface area (Å²) in [6.45, 7) is 0.156. The molecule has 1 aromatic rings. The Hall–Kier alpha value is -1.00. The summed E-state index contributed by atoms with van der Waals surface area (Å²) in [7, 11) is 0. The third-order valence-corrected chi connectivity index (χ3v) is 2.00. The molecule has 14 heavy (non-hydrogen) atoms. The van der Waals surface area contributed by atoms with Gasteiger partial charge < -0.3 is 10.2 Å². The van der Waals surface area contributed by atoms with E-state index in [4.69, 9.17) is 5.11 Å². The van der Waals surface area contributed by atoms with Crippen molar-refractivity contribution in [1.82, 2.24) is 0 Å². The Morgan fingerprint density at radius 3 is 2.43 bits per heavy atom. The zero-order chi connectivity index (χ0) is 10.8. The van der Waals surface area contributed by atoms with Gasteiger partial charge in [-0.05, 0) is 12.5 Å². The van der Waals surface area contributed by atoms with Gasteiger partial charge in [0.2, 0.25) is 0 Å². The SMILES string of the molecule is CC(O)c1ccccc1C(F)(F)CO. The van der Waals surface area contributed by atoms with E-state index in [1.165, 1.54) is 25.1 Å². The van der Waals surface area contributed by atoms with Crippen LogP contribution in [0, 0.1) is 0 Å². The van der Waals surface area contributed by atoms with Crippen LogP contribution in [0.15, 0.2) is 24.3 Å². The first-order valence-electron chi connectivity index (χ1n) is 4.25. The number of halogens is 2. The van der Waals surface area contributed by atoms with Crippen molar-refractivity contribution in [3.05, 3.63) is 35.4 Å². The zero-order valence-electron chi connectivity index (χ0n) is 7.74. The summed E-state index contributed by atoms with van der Waals surface area (Å²) in [6, 6.07) is 5.64. The van der Waals surface area contributed by atoms with Crippen LogP contribution in [0.5, 0.6) is 0 Å². The van der Waals surface area contributed by atoms with Crippen molar-refractivity contribution in [3.63, 3.8) is 0 Å². The fraction of sp³-hybridized carbons (Fsp3) is 0.400. The maximum atomic E-state index is 13.1. The standard InChI is InChI=1S/C10H12F2O2/c1-7(14)8-4-2-3-5-9(8)10(11,12)6-13/h2-5,7,13-14H,6H2,1H3. The van der Waals surface area contributed by atoms with Crippen LogP contribution in [-0.2, 0) is 5.92 Å². The van der Waals surface area contributed by atoms with Gasteiger partial charge in [-0.15, -0.1) is 0 Å². The van der Waals surface area contributed by atoms with Crippen molar-refractivity contribution in [3.8, 4) is 0 Å². The molecule has 1 rings (SSSR count). The van der Waals surface area contributed by atoms with Gasteiger partial charge in [0.1, 0.15) is 6.61 Å². The van der Waals surface area contributed by atoms with Gasteiger partial charge in [-0.25, -0.2) is 0 Å². The zero-order valence-corrected chi connectivity index (χ0v) is 7.74. The average Bonchev–Trinajstić information content (AvgIpc) is 2.18. The van der Waals surface area contributed by atoms with E-state index in [0.717, 1.165) is 0 Å². The fourth-order valence-electron chi connectivity index (χ4n) is 1.28. The lowest BCUT2D eigenvalue weighted by Crippen LogP contribution is -2.21. The number of hydrogen-bond acceptors (Lipinski definition) is 2. The Labute approximate surface area is 80.8 Å². The Balaban J connectivity index is 3.20. The molecular formula is C10H12F2O2. The van der Waals surface area contributed by atoms with E-state index in [-0.39, 0.29) is 11.1 Å². The van der Waals surface area contributed by atoms with Gasteiger partial charge in [-0.2, -0.15) is 8.78 Å². The van der Waals surface area contributed by atoms with Gasteiger partial charge in [-0.1, -0.05) is 24.3 Å². The quantitative estimate of drug-likeness (QED) is 0.784. The van der Waals surface area contributed by atoms with Gasteiger partial charge in [0.25, 0.3) is 5.92 Å². The third-order valence-electron chi connectivity index (χ3n) is 2.00. The number of aliphatic hydroxyl groups is 2. The summed E-state index contributed by atoms with van der Waals surface area (Å²) in [6.07, 6.45) is -0.969. The van der Waals surface area contributed by atoms with Crippen molar-refractivity contribution in [2.75, 3.05) is 6.61 Å². The molecule has 0 saturated heterocycles. The second-order valence-electron chi connectivity index (χ2n) is 3.13. The first-order chi connectivity index (χ1) is 6.49. The maximum absolute atomic E-state index is 13.1. The van der Waals surface area contributed by atoms with Crippen LogP contribution in [0.25, 0.3) is 0 Å². The molecule has 0 aliphatic rings. The molecule has 2 N–H and O–H groups in total. The molecule has 78 valence electrons. The lowest BCUT2D eigenvalue weighted by Gasteiger charge is -2.18. The Morgan fingerprint density at radius 1 is 1.36 bits per heavy atom. The van der Waals surface area contributed by atoms with Gasteiger partial charge in [0, 0.05) is 5.56 Å². The predicted molar refractivity (Wildman–Crippen MR) is 48.1 cm³/mol. The molecule has 0 heterocycles. The second kappa shape index (κ2) is 4.02. The molecule has 2 nitrogen and oxygen atoms in total. The van der Waals surface area contributed by atoms with Gasteiger partial charge in [0.05, 0.1) is 6.10 Å². The third kappa shape index (κ3) is 2.08.